The molecule has 2 aromatic rings. The van der Waals surface area contributed by atoms with E-state index < -0.39 is 5.41 Å². The summed E-state index contributed by atoms with van der Waals surface area (Å²) in [5.74, 6) is -0.657. The fraction of sp³-hybridized carbons (Fsp3) is 0.400. The van der Waals surface area contributed by atoms with Crippen LogP contribution in [0.2, 0.25) is 5.02 Å². The number of benzene rings is 2. The molecule has 164 valence electrons. The first kappa shape index (κ1) is 23.0. The molecule has 0 saturated heterocycles. The minimum Gasteiger partial charge on any atom is -0.457 e. The number of esters is 1. The maximum Gasteiger partial charge on any atom is 0.317 e. The third-order valence-electron chi connectivity index (χ3n) is 5.87. The van der Waals surface area contributed by atoms with E-state index >= 15 is 0 Å². The second-order valence-electron chi connectivity index (χ2n) is 8.08. The highest BCUT2D eigenvalue weighted by molar-refractivity contribution is 6.30. The Labute approximate surface area is 188 Å². The molecule has 2 aromatic carbocycles. The molecule has 0 bridgehead atoms. The Morgan fingerprint density at radius 3 is 2.39 bits per heavy atom. The van der Waals surface area contributed by atoms with Crippen LogP contribution in [0.25, 0.3) is 0 Å². The fourth-order valence-corrected chi connectivity index (χ4v) is 4.34. The molecule has 1 aliphatic carbocycles. The zero-order valence-electron chi connectivity index (χ0n) is 17.8. The van der Waals surface area contributed by atoms with E-state index in [-0.39, 0.29) is 24.3 Å². The average Bonchev–Trinajstić information content (AvgIpc) is 2.78. The number of halogens is 1. The van der Waals surface area contributed by atoms with Crippen LogP contribution in [0.1, 0.15) is 60.5 Å². The molecular weight excluding hydrogens is 414 g/mol. The van der Waals surface area contributed by atoms with E-state index in [0.717, 1.165) is 30.4 Å². The van der Waals surface area contributed by atoms with Crippen molar-refractivity contribution in [1.82, 2.24) is 5.32 Å². The summed E-state index contributed by atoms with van der Waals surface area (Å²) in [4.78, 5) is 36.7. The molecule has 1 amide bonds. The number of hydrogen-bond donors (Lipinski definition) is 1. The van der Waals surface area contributed by atoms with Crippen LogP contribution in [0.4, 0.5) is 0 Å². The second-order valence-corrected chi connectivity index (χ2v) is 8.52. The SMILES string of the molecule is CC(=O)NCCc1ccc(C(=O)COC(=O)C2(c3cccc(Cl)c3)CCCCC2)cc1. The predicted molar refractivity (Wildman–Crippen MR) is 120 cm³/mol. The van der Waals surface area contributed by atoms with Gasteiger partial charge in [0.1, 0.15) is 0 Å². The molecule has 1 N–H and O–H groups in total. The van der Waals surface area contributed by atoms with Crippen LogP contribution in [0.5, 0.6) is 0 Å². The van der Waals surface area contributed by atoms with Gasteiger partial charge in [0.05, 0.1) is 5.41 Å². The van der Waals surface area contributed by atoms with Crippen molar-refractivity contribution in [3.05, 3.63) is 70.2 Å². The Morgan fingerprint density at radius 1 is 1.03 bits per heavy atom. The summed E-state index contributed by atoms with van der Waals surface area (Å²) in [6, 6.07) is 14.5. The van der Waals surface area contributed by atoms with Crippen molar-refractivity contribution < 1.29 is 19.1 Å². The molecule has 6 heteroatoms. The topological polar surface area (TPSA) is 72.5 Å². The minimum absolute atomic E-state index is 0.0675. The number of rotatable bonds is 8. The molecule has 0 spiro atoms. The van der Waals surface area contributed by atoms with Gasteiger partial charge in [-0.25, -0.2) is 0 Å². The van der Waals surface area contributed by atoms with Crippen molar-refractivity contribution in [2.75, 3.05) is 13.2 Å². The second kappa shape index (κ2) is 10.6. The molecule has 1 saturated carbocycles. The summed E-state index contributed by atoms with van der Waals surface area (Å²) in [5, 5.41) is 3.33. The Hall–Kier alpha value is -2.66. The smallest absolute Gasteiger partial charge is 0.317 e. The molecular formula is C25H28ClNO4. The summed E-state index contributed by atoms with van der Waals surface area (Å²) in [6.45, 7) is 1.74. The number of Topliss-reactive ketones (excluding diaryl/α,β-unsaturated/α-hetero) is 1. The quantitative estimate of drug-likeness (QED) is 0.478. The number of hydrogen-bond acceptors (Lipinski definition) is 4. The van der Waals surface area contributed by atoms with Crippen molar-refractivity contribution in [3.8, 4) is 0 Å². The van der Waals surface area contributed by atoms with E-state index in [1.54, 1.807) is 18.2 Å². The van der Waals surface area contributed by atoms with E-state index in [0.29, 0.717) is 36.4 Å². The predicted octanol–water partition coefficient (Wildman–Crippen LogP) is 4.65. The normalized spacial score (nSPS) is 15.2. The molecule has 1 aliphatic rings. The van der Waals surface area contributed by atoms with Crippen molar-refractivity contribution in [2.24, 2.45) is 0 Å². The van der Waals surface area contributed by atoms with E-state index in [1.807, 2.05) is 30.3 Å². The molecule has 0 radical (unpaired) electrons. The third kappa shape index (κ3) is 5.95. The molecule has 0 atom stereocenters. The van der Waals surface area contributed by atoms with Crippen LogP contribution < -0.4 is 5.32 Å². The van der Waals surface area contributed by atoms with Gasteiger partial charge in [-0.1, -0.05) is 67.3 Å². The van der Waals surface area contributed by atoms with E-state index in [9.17, 15) is 14.4 Å². The Kier molecular flexibility index (Phi) is 7.85. The van der Waals surface area contributed by atoms with Gasteiger partial charge in [-0.15, -0.1) is 0 Å². The number of ether oxygens (including phenoxy) is 1. The highest BCUT2D eigenvalue weighted by Gasteiger charge is 2.43. The van der Waals surface area contributed by atoms with Gasteiger partial charge in [-0.05, 0) is 42.5 Å². The molecule has 0 heterocycles. The first-order valence-electron chi connectivity index (χ1n) is 10.7. The average molecular weight is 442 g/mol. The van der Waals surface area contributed by atoms with Crippen LogP contribution in [-0.2, 0) is 26.2 Å². The van der Waals surface area contributed by atoms with Crippen molar-refractivity contribution in [1.29, 1.82) is 0 Å². The lowest BCUT2D eigenvalue weighted by atomic mass is 9.69. The van der Waals surface area contributed by atoms with Gasteiger partial charge in [0.2, 0.25) is 5.91 Å². The van der Waals surface area contributed by atoms with E-state index in [2.05, 4.69) is 5.32 Å². The van der Waals surface area contributed by atoms with Crippen LogP contribution in [-0.4, -0.2) is 30.8 Å². The van der Waals surface area contributed by atoms with Gasteiger partial charge in [0, 0.05) is 24.1 Å². The summed E-state index contributed by atoms with van der Waals surface area (Å²) in [5.41, 5.74) is 1.64. The summed E-state index contributed by atoms with van der Waals surface area (Å²) in [6.07, 6.45) is 5.05. The standard InChI is InChI=1S/C25H28ClNO4/c1-18(28)27-15-12-19-8-10-20(11-9-19)23(29)17-31-24(30)25(13-3-2-4-14-25)21-6-5-7-22(26)16-21/h5-11,16H,2-4,12-15,17H2,1H3,(H,27,28). The van der Waals surface area contributed by atoms with Gasteiger partial charge in [0.25, 0.3) is 0 Å². The van der Waals surface area contributed by atoms with Crippen LogP contribution in [0.15, 0.2) is 48.5 Å². The van der Waals surface area contributed by atoms with Crippen LogP contribution in [0, 0.1) is 0 Å². The van der Waals surface area contributed by atoms with Gasteiger partial charge in [-0.3, -0.25) is 14.4 Å². The maximum atomic E-state index is 13.1. The molecule has 3 rings (SSSR count). The fourth-order valence-electron chi connectivity index (χ4n) is 4.14. The number of carbonyl (C=O) groups is 3. The van der Waals surface area contributed by atoms with Gasteiger partial charge in [0.15, 0.2) is 12.4 Å². The Balaban J connectivity index is 1.63. The Morgan fingerprint density at radius 2 is 1.74 bits per heavy atom. The molecule has 0 aliphatic heterocycles. The molecule has 31 heavy (non-hydrogen) atoms. The minimum atomic E-state index is -0.739. The zero-order valence-corrected chi connectivity index (χ0v) is 18.5. The zero-order chi connectivity index (χ0) is 22.3. The summed E-state index contributed by atoms with van der Waals surface area (Å²) in [7, 11) is 0. The highest BCUT2D eigenvalue weighted by atomic mass is 35.5. The van der Waals surface area contributed by atoms with Gasteiger partial charge < -0.3 is 10.1 Å². The number of amides is 1. The van der Waals surface area contributed by atoms with Gasteiger partial charge in [-0.2, -0.15) is 0 Å². The van der Waals surface area contributed by atoms with Crippen molar-refractivity contribution >= 4 is 29.3 Å². The lowest BCUT2D eigenvalue weighted by Crippen LogP contribution is -2.40. The van der Waals surface area contributed by atoms with Gasteiger partial charge >= 0.3 is 5.97 Å². The monoisotopic (exact) mass is 441 g/mol. The lowest BCUT2D eigenvalue weighted by molar-refractivity contribution is -0.151. The maximum absolute atomic E-state index is 13.1. The van der Waals surface area contributed by atoms with E-state index in [1.165, 1.54) is 6.92 Å². The lowest BCUT2D eigenvalue weighted by Gasteiger charge is -2.35. The first-order valence-corrected chi connectivity index (χ1v) is 11.1. The largest absolute Gasteiger partial charge is 0.457 e. The van der Waals surface area contributed by atoms with E-state index in [4.69, 9.17) is 16.3 Å². The molecule has 1 fully saturated rings. The first-order chi connectivity index (χ1) is 14.9. The molecule has 5 nitrogen and oxygen atoms in total. The molecule has 0 unspecified atom stereocenters. The number of ketones is 1. The number of nitrogens with one attached hydrogen (secondary N) is 1. The Bertz CT molecular complexity index is 933. The van der Waals surface area contributed by atoms with Crippen molar-refractivity contribution in [3.63, 3.8) is 0 Å². The van der Waals surface area contributed by atoms with Crippen LogP contribution in [0.3, 0.4) is 0 Å². The third-order valence-corrected chi connectivity index (χ3v) is 6.11. The summed E-state index contributed by atoms with van der Waals surface area (Å²) < 4.78 is 5.54. The number of carbonyl (C=O) groups excluding carboxylic acids is 3. The summed E-state index contributed by atoms with van der Waals surface area (Å²) >= 11 is 6.17. The van der Waals surface area contributed by atoms with Crippen molar-refractivity contribution in [2.45, 2.75) is 50.9 Å². The van der Waals surface area contributed by atoms with Crippen LogP contribution >= 0.6 is 11.6 Å². The highest BCUT2D eigenvalue weighted by Crippen LogP contribution is 2.41. The molecule has 0 aromatic heterocycles.